The van der Waals surface area contributed by atoms with E-state index < -0.39 is 10.0 Å². The summed E-state index contributed by atoms with van der Waals surface area (Å²) in [6.45, 7) is 1.81. The molecular weight excluding hydrogens is 382 g/mol. The predicted octanol–water partition coefficient (Wildman–Crippen LogP) is 4.27. The van der Waals surface area contributed by atoms with Gasteiger partial charge in [0.15, 0.2) is 0 Å². The van der Waals surface area contributed by atoms with Crippen molar-refractivity contribution in [2.24, 2.45) is 0 Å². The molecule has 0 radical (unpaired) electrons. The van der Waals surface area contributed by atoms with Crippen LogP contribution in [0.1, 0.15) is 23.6 Å². The van der Waals surface area contributed by atoms with E-state index >= 15 is 0 Å². The van der Waals surface area contributed by atoms with Gasteiger partial charge in [-0.3, -0.25) is 0 Å². The third-order valence-electron chi connectivity index (χ3n) is 3.70. The van der Waals surface area contributed by atoms with E-state index in [1.54, 1.807) is 17.8 Å². The summed E-state index contributed by atoms with van der Waals surface area (Å²) in [5.41, 5.74) is 1.81. The molecule has 0 aromatic heterocycles. The third kappa shape index (κ3) is 3.25. The highest BCUT2D eigenvalue weighted by molar-refractivity contribution is 9.10. The van der Waals surface area contributed by atoms with Gasteiger partial charge in [-0.25, -0.2) is 13.1 Å². The van der Waals surface area contributed by atoms with Gasteiger partial charge in [-0.1, -0.05) is 40.2 Å². The Morgan fingerprint density at radius 2 is 2.00 bits per heavy atom. The van der Waals surface area contributed by atoms with Gasteiger partial charge in [0.25, 0.3) is 0 Å². The van der Waals surface area contributed by atoms with Crippen molar-refractivity contribution in [3.63, 3.8) is 0 Å². The second-order valence-corrected chi connectivity index (χ2v) is 8.99. The molecule has 3 rings (SSSR count). The van der Waals surface area contributed by atoms with Crippen molar-refractivity contribution in [3.8, 4) is 0 Å². The van der Waals surface area contributed by atoms with Crippen LogP contribution < -0.4 is 4.72 Å². The fourth-order valence-electron chi connectivity index (χ4n) is 2.58. The van der Waals surface area contributed by atoms with Gasteiger partial charge >= 0.3 is 0 Å². The molecule has 1 aliphatic heterocycles. The van der Waals surface area contributed by atoms with Crippen LogP contribution in [0.4, 0.5) is 0 Å². The Morgan fingerprint density at radius 3 is 2.82 bits per heavy atom. The van der Waals surface area contributed by atoms with Crippen LogP contribution in [0.5, 0.6) is 0 Å². The van der Waals surface area contributed by atoms with Gasteiger partial charge in [-0.2, -0.15) is 0 Å². The fraction of sp³-hybridized carbons (Fsp3) is 0.250. The smallest absolute Gasteiger partial charge is 0.207 e. The second-order valence-electron chi connectivity index (χ2n) is 5.26. The van der Waals surface area contributed by atoms with Crippen molar-refractivity contribution in [3.05, 3.63) is 58.1 Å². The first-order chi connectivity index (χ1) is 10.5. The molecular formula is C16H16BrNO2S2. The molecule has 3 nitrogen and oxygen atoms in total. The van der Waals surface area contributed by atoms with E-state index in [0.717, 1.165) is 32.7 Å². The second kappa shape index (κ2) is 6.35. The molecule has 0 spiro atoms. The molecule has 6 heteroatoms. The molecule has 0 saturated carbocycles. The number of thioether (sulfide) groups is 1. The van der Waals surface area contributed by atoms with Gasteiger partial charge in [0.05, 0.1) is 4.90 Å². The van der Waals surface area contributed by atoms with Crippen molar-refractivity contribution in [2.75, 3.05) is 5.75 Å². The molecule has 2 aromatic rings. The number of benzene rings is 2. The van der Waals surface area contributed by atoms with Crippen LogP contribution in [0.3, 0.4) is 0 Å². The average molecular weight is 398 g/mol. The Kier molecular flexibility index (Phi) is 4.64. The molecule has 1 N–H and O–H groups in total. The van der Waals surface area contributed by atoms with Crippen molar-refractivity contribution >= 4 is 37.7 Å². The van der Waals surface area contributed by atoms with E-state index in [-0.39, 0.29) is 6.04 Å². The first-order valence-electron chi connectivity index (χ1n) is 6.97. The molecule has 2 aromatic carbocycles. The minimum Gasteiger partial charge on any atom is -0.207 e. The highest BCUT2D eigenvalue weighted by Crippen LogP contribution is 2.36. The van der Waals surface area contributed by atoms with E-state index in [4.69, 9.17) is 0 Å². The first kappa shape index (κ1) is 16.1. The molecule has 0 amide bonds. The van der Waals surface area contributed by atoms with Gasteiger partial charge in [-0.15, -0.1) is 11.8 Å². The molecule has 0 unspecified atom stereocenters. The number of halogens is 1. The van der Waals surface area contributed by atoms with Crippen LogP contribution in [0, 0.1) is 6.92 Å². The summed E-state index contributed by atoms with van der Waals surface area (Å²) in [7, 11) is -3.55. The summed E-state index contributed by atoms with van der Waals surface area (Å²) in [6.07, 6.45) is 0.800. The zero-order valence-electron chi connectivity index (χ0n) is 12.0. The van der Waals surface area contributed by atoms with Gasteiger partial charge in [0.2, 0.25) is 10.0 Å². The van der Waals surface area contributed by atoms with E-state index in [1.165, 1.54) is 0 Å². The number of sulfonamides is 1. The topological polar surface area (TPSA) is 46.2 Å². The van der Waals surface area contributed by atoms with Crippen molar-refractivity contribution in [2.45, 2.75) is 29.2 Å². The Labute approximate surface area is 143 Å². The lowest BCUT2D eigenvalue weighted by Gasteiger charge is -2.26. The summed E-state index contributed by atoms with van der Waals surface area (Å²) in [6, 6.07) is 13.1. The molecule has 1 aliphatic rings. The predicted molar refractivity (Wildman–Crippen MR) is 93.7 cm³/mol. The van der Waals surface area contributed by atoms with Crippen molar-refractivity contribution in [1.29, 1.82) is 0 Å². The molecule has 1 heterocycles. The highest BCUT2D eigenvalue weighted by atomic mass is 79.9. The monoisotopic (exact) mass is 397 g/mol. The maximum absolute atomic E-state index is 12.7. The molecule has 0 aliphatic carbocycles. The molecule has 0 fully saturated rings. The first-order valence-corrected chi connectivity index (χ1v) is 10.2. The summed E-state index contributed by atoms with van der Waals surface area (Å²) in [5, 5.41) is 0. The summed E-state index contributed by atoms with van der Waals surface area (Å²) < 4.78 is 29.1. The number of rotatable bonds is 3. The van der Waals surface area contributed by atoms with Gasteiger partial charge in [0, 0.05) is 15.4 Å². The van der Waals surface area contributed by atoms with Gasteiger partial charge in [-0.05, 0) is 48.4 Å². The van der Waals surface area contributed by atoms with E-state index in [0.29, 0.717) is 4.90 Å². The number of hydrogen-bond donors (Lipinski definition) is 1. The zero-order valence-corrected chi connectivity index (χ0v) is 15.3. The molecule has 0 bridgehead atoms. The SMILES string of the molecule is Cc1ccc(Br)cc1S(=O)(=O)N[C@@H]1CCSc2ccccc21. The summed E-state index contributed by atoms with van der Waals surface area (Å²) >= 11 is 5.12. The molecule has 116 valence electrons. The van der Waals surface area contributed by atoms with Crippen LogP contribution in [0.15, 0.2) is 56.7 Å². The molecule has 1 atom stereocenters. The van der Waals surface area contributed by atoms with E-state index in [1.807, 2.05) is 43.3 Å². The van der Waals surface area contributed by atoms with Crippen LogP contribution in [-0.2, 0) is 10.0 Å². The van der Waals surface area contributed by atoms with E-state index in [2.05, 4.69) is 20.7 Å². The van der Waals surface area contributed by atoms with E-state index in [9.17, 15) is 8.42 Å². The molecule has 22 heavy (non-hydrogen) atoms. The Balaban J connectivity index is 1.95. The van der Waals surface area contributed by atoms with Crippen LogP contribution in [-0.4, -0.2) is 14.2 Å². The number of fused-ring (bicyclic) bond motifs is 1. The lowest BCUT2D eigenvalue weighted by molar-refractivity contribution is 0.545. The van der Waals surface area contributed by atoms with Crippen LogP contribution in [0.25, 0.3) is 0 Å². The van der Waals surface area contributed by atoms with Gasteiger partial charge < -0.3 is 0 Å². The largest absolute Gasteiger partial charge is 0.241 e. The maximum Gasteiger partial charge on any atom is 0.241 e. The normalized spacial score (nSPS) is 18.0. The standard InChI is InChI=1S/C16H16BrNO2S2/c1-11-6-7-12(17)10-16(11)22(19,20)18-14-8-9-21-15-5-3-2-4-13(14)15/h2-7,10,14,18H,8-9H2,1H3/t14-/m1/s1. The Bertz CT molecular complexity index is 806. The number of aryl methyl sites for hydroxylation is 1. The zero-order chi connectivity index (χ0) is 15.7. The molecule has 0 saturated heterocycles. The fourth-order valence-corrected chi connectivity index (χ4v) is 5.74. The highest BCUT2D eigenvalue weighted by Gasteiger charge is 2.26. The van der Waals surface area contributed by atoms with Crippen molar-refractivity contribution in [1.82, 2.24) is 4.72 Å². The average Bonchev–Trinajstić information content (AvgIpc) is 2.50. The quantitative estimate of drug-likeness (QED) is 0.840. The lowest BCUT2D eigenvalue weighted by Crippen LogP contribution is -2.31. The summed E-state index contributed by atoms with van der Waals surface area (Å²) in [4.78, 5) is 1.49. The maximum atomic E-state index is 12.7. The van der Waals surface area contributed by atoms with Crippen molar-refractivity contribution < 1.29 is 8.42 Å². The van der Waals surface area contributed by atoms with Crippen LogP contribution >= 0.6 is 27.7 Å². The summed E-state index contributed by atoms with van der Waals surface area (Å²) in [5.74, 6) is 0.918. The Morgan fingerprint density at radius 1 is 1.23 bits per heavy atom. The number of nitrogens with one attached hydrogen (secondary N) is 1. The number of hydrogen-bond acceptors (Lipinski definition) is 3. The minimum atomic E-state index is -3.55. The minimum absolute atomic E-state index is 0.166. The third-order valence-corrected chi connectivity index (χ3v) is 6.93. The van der Waals surface area contributed by atoms with Gasteiger partial charge in [0.1, 0.15) is 0 Å². The Hall–Kier alpha value is -0.820. The van der Waals surface area contributed by atoms with Crippen LogP contribution in [0.2, 0.25) is 0 Å². The lowest BCUT2D eigenvalue weighted by atomic mass is 10.1.